The predicted molar refractivity (Wildman–Crippen MR) is 250 cm³/mol. The maximum Gasteiger partial charge on any atom is 0.436 e. The Labute approximate surface area is 408 Å². The van der Waals surface area contributed by atoms with E-state index in [1.54, 1.807) is 66.7 Å². The second kappa shape index (κ2) is 22.9. The molecule has 22 nitrogen and oxygen atoms in total. The summed E-state index contributed by atoms with van der Waals surface area (Å²) in [6.45, 7) is 8.52. The van der Waals surface area contributed by atoms with Crippen LogP contribution in [0, 0.1) is 0 Å². The highest BCUT2D eigenvalue weighted by atomic mass is 31.2. The van der Waals surface area contributed by atoms with Crippen molar-refractivity contribution >= 4 is 68.6 Å². The number of benzene rings is 3. The number of imidazole rings is 1. The summed E-state index contributed by atoms with van der Waals surface area (Å²) >= 11 is 0. The number of hydrogen-bond donors (Lipinski definition) is 1. The Morgan fingerprint density at radius 2 is 1.15 bits per heavy atom. The van der Waals surface area contributed by atoms with Crippen molar-refractivity contribution in [1.82, 2.24) is 19.5 Å². The van der Waals surface area contributed by atoms with Crippen LogP contribution in [0.5, 0.6) is 0 Å². The normalized spacial score (nSPS) is 22.7. The van der Waals surface area contributed by atoms with Crippen LogP contribution in [0.4, 0.5) is 5.82 Å². The maximum atomic E-state index is 15.1. The van der Waals surface area contributed by atoms with Gasteiger partial charge in [0.15, 0.2) is 47.6 Å². The number of esters is 6. The third-order valence-electron chi connectivity index (χ3n) is 10.7. The van der Waals surface area contributed by atoms with Gasteiger partial charge in [-0.2, -0.15) is 0 Å². The minimum atomic E-state index is -4.72. The molecule has 0 spiro atoms. The first-order valence-corrected chi connectivity index (χ1v) is 27.5. The number of anilines is 1. The van der Waals surface area contributed by atoms with E-state index in [0.29, 0.717) is 6.04 Å². The smallest absolute Gasteiger partial charge is 0.436 e. The number of nitrogens with zero attached hydrogens (tertiary/aromatic N) is 4. The van der Waals surface area contributed by atoms with E-state index in [2.05, 4.69) is 39.7 Å². The summed E-state index contributed by atoms with van der Waals surface area (Å²) in [6.07, 6.45) is -9.03. The molecule has 71 heavy (non-hydrogen) atoms. The number of aromatic nitrogens is 4. The minimum absolute atomic E-state index is 0.00301. The quantitative estimate of drug-likeness (QED) is 0.0401. The lowest BCUT2D eigenvalue weighted by Crippen LogP contribution is -2.41. The van der Waals surface area contributed by atoms with Gasteiger partial charge in [0, 0.05) is 28.8 Å². The first-order valence-electron chi connectivity index (χ1n) is 22.3. The van der Waals surface area contributed by atoms with Crippen LogP contribution in [-0.4, -0.2) is 126 Å². The summed E-state index contributed by atoms with van der Waals surface area (Å²) in [5.74, 6) is -4.84. The fourth-order valence-corrected chi connectivity index (χ4v) is 9.65. The average molecular weight is 1020 g/mol. The Morgan fingerprint density at radius 3 is 1.72 bits per heavy atom. The van der Waals surface area contributed by atoms with Crippen molar-refractivity contribution in [2.24, 2.45) is 0 Å². The van der Waals surface area contributed by atoms with Gasteiger partial charge >= 0.3 is 43.6 Å². The van der Waals surface area contributed by atoms with E-state index in [-0.39, 0.29) is 40.3 Å². The molecule has 2 saturated heterocycles. The zero-order valence-corrected chi connectivity index (χ0v) is 41.3. The SMILES string of the molecule is CC(=O)OC[C@H]1OC(OP(=O)(Nc2ncnc3c2ncn3[C@@H]2O[C@H](COC(=O)c3ccccc3)[C@@H](OC(=O)c3ccccc3)[C@H]2OC(=O)c2ccccc2)OCC[Si](C)(C)C)[C@H](OC(C)=O)[C@@H]1OC(C)=O. The third-order valence-corrected chi connectivity index (χ3v) is 13.9. The van der Waals surface area contributed by atoms with Crippen molar-refractivity contribution in [3.63, 3.8) is 0 Å². The van der Waals surface area contributed by atoms with Crippen LogP contribution >= 0.6 is 7.75 Å². The zero-order valence-electron chi connectivity index (χ0n) is 39.4. The number of carbonyl (C=O) groups excluding carboxylic acids is 6. The molecule has 3 aromatic carbocycles. The van der Waals surface area contributed by atoms with Gasteiger partial charge in [0.2, 0.25) is 6.29 Å². The summed E-state index contributed by atoms with van der Waals surface area (Å²) in [5, 5.41) is 2.72. The molecule has 1 N–H and O–H groups in total. The van der Waals surface area contributed by atoms with Gasteiger partial charge in [-0.3, -0.25) is 33.1 Å². The van der Waals surface area contributed by atoms with Crippen molar-refractivity contribution in [2.75, 3.05) is 24.9 Å². The molecule has 2 unspecified atom stereocenters. The first kappa shape index (κ1) is 52.0. The second-order valence-corrected chi connectivity index (χ2v) is 24.7. The highest BCUT2D eigenvalue weighted by Gasteiger charge is 2.54. The fourth-order valence-electron chi connectivity index (χ4n) is 7.39. The number of hydrogen-bond acceptors (Lipinski definition) is 20. The van der Waals surface area contributed by atoms with E-state index < -0.39 is 114 Å². The Balaban J connectivity index is 1.25. The Bertz CT molecular complexity index is 2750. The molecule has 9 atom stereocenters. The summed E-state index contributed by atoms with van der Waals surface area (Å²) in [6, 6.07) is 24.8. The van der Waals surface area contributed by atoms with Gasteiger partial charge in [0.25, 0.3) is 0 Å². The molecule has 0 amide bonds. The van der Waals surface area contributed by atoms with Crippen LogP contribution in [0.15, 0.2) is 104 Å². The van der Waals surface area contributed by atoms with Crippen LogP contribution in [-0.2, 0) is 65.9 Å². The molecular weight excluding hydrogens is 966 g/mol. The van der Waals surface area contributed by atoms with Gasteiger partial charge in [0.05, 0.1) is 29.6 Å². The summed E-state index contributed by atoms with van der Waals surface area (Å²) in [4.78, 5) is 90.6. The molecule has 4 heterocycles. The van der Waals surface area contributed by atoms with Gasteiger partial charge in [0.1, 0.15) is 31.7 Å². The Hall–Kier alpha value is -6.88. The average Bonchev–Trinajstić information content (AvgIpc) is 4.00. The largest absolute Gasteiger partial charge is 0.463 e. The molecular formula is C47H52N5O17PSi. The molecule has 2 aliphatic rings. The lowest BCUT2D eigenvalue weighted by Gasteiger charge is -2.27. The molecule has 24 heteroatoms. The first-order chi connectivity index (χ1) is 33.9. The Kier molecular flexibility index (Phi) is 16.8. The lowest BCUT2D eigenvalue weighted by atomic mass is 10.1. The maximum absolute atomic E-state index is 15.1. The minimum Gasteiger partial charge on any atom is -0.463 e. The van der Waals surface area contributed by atoms with Crippen molar-refractivity contribution in [2.45, 2.75) is 95.6 Å². The molecule has 0 saturated carbocycles. The van der Waals surface area contributed by atoms with Gasteiger partial charge in [-0.05, 0) is 42.4 Å². The molecule has 5 aromatic rings. The molecule has 2 fully saturated rings. The molecule has 0 bridgehead atoms. The molecule has 7 rings (SSSR count). The summed E-state index contributed by atoms with van der Waals surface area (Å²) in [5.41, 5.74) is 0.522. The van der Waals surface area contributed by atoms with E-state index in [9.17, 15) is 28.8 Å². The number of carbonyl (C=O) groups is 6. The zero-order chi connectivity index (χ0) is 50.9. The highest BCUT2D eigenvalue weighted by molar-refractivity contribution is 7.55. The van der Waals surface area contributed by atoms with Crippen molar-refractivity contribution in [1.29, 1.82) is 0 Å². The number of nitrogens with one attached hydrogen (secondary N) is 1. The topological polar surface area (TPSA) is 267 Å². The Morgan fingerprint density at radius 1 is 0.634 bits per heavy atom. The van der Waals surface area contributed by atoms with Crippen LogP contribution in [0.25, 0.3) is 11.2 Å². The van der Waals surface area contributed by atoms with Crippen LogP contribution in [0.2, 0.25) is 25.7 Å². The van der Waals surface area contributed by atoms with Crippen molar-refractivity contribution in [3.8, 4) is 0 Å². The monoisotopic (exact) mass is 1020 g/mol. The number of fused-ring (bicyclic) bond motifs is 1. The number of rotatable bonds is 20. The van der Waals surface area contributed by atoms with Gasteiger partial charge < -0.3 is 37.9 Å². The summed E-state index contributed by atoms with van der Waals surface area (Å²) in [7, 11) is -6.56. The molecule has 2 aromatic heterocycles. The molecule has 0 radical (unpaired) electrons. The van der Waals surface area contributed by atoms with E-state index in [0.717, 1.165) is 27.1 Å². The molecule has 376 valence electrons. The van der Waals surface area contributed by atoms with Crippen molar-refractivity contribution < 1.29 is 80.3 Å². The van der Waals surface area contributed by atoms with Crippen molar-refractivity contribution in [3.05, 3.63) is 120 Å². The molecule has 0 aliphatic carbocycles. The highest BCUT2D eigenvalue weighted by Crippen LogP contribution is 2.52. The molecule has 2 aliphatic heterocycles. The van der Waals surface area contributed by atoms with Crippen LogP contribution in [0.3, 0.4) is 0 Å². The lowest BCUT2D eigenvalue weighted by molar-refractivity contribution is -0.171. The van der Waals surface area contributed by atoms with Crippen LogP contribution < -0.4 is 5.09 Å². The van der Waals surface area contributed by atoms with E-state index in [4.69, 9.17) is 46.9 Å². The third kappa shape index (κ3) is 13.5. The van der Waals surface area contributed by atoms with E-state index in [1.165, 1.54) is 35.2 Å². The fraction of sp³-hybridized carbons (Fsp3) is 0.383. The standard InChI is InChI=1S/C47H52N5O17PSi/c1-28(53)60-24-35-38(63-29(2)54)40(64-30(3)55)47(66-35)69-70(59,62-22-23-71(4,5)6)51-41-36-42(49-26-48-41)52(27-50-36)43-39(68-46(58)33-20-14-9-15-21-33)37(67-45(57)32-18-12-8-13-19-32)34(65-43)25-61-44(56)31-16-10-7-11-17-31/h7-21,26-27,34-35,37-40,43,47H,22-25H2,1-6H3,(H,48,49,51,59)/t34-,35-,37-,38-,39-,40-,43-,47?,70?/m1/s1. The van der Waals surface area contributed by atoms with Crippen LogP contribution in [0.1, 0.15) is 58.1 Å². The van der Waals surface area contributed by atoms with E-state index in [1.807, 2.05) is 0 Å². The second-order valence-electron chi connectivity index (χ2n) is 17.4. The van der Waals surface area contributed by atoms with Gasteiger partial charge in [-0.25, -0.2) is 33.9 Å². The number of ether oxygens (including phenoxy) is 8. The van der Waals surface area contributed by atoms with Gasteiger partial charge in [-0.15, -0.1) is 0 Å². The predicted octanol–water partition coefficient (Wildman–Crippen LogP) is 6.07. The van der Waals surface area contributed by atoms with E-state index >= 15 is 4.57 Å². The summed E-state index contributed by atoms with van der Waals surface area (Å²) < 4.78 is 75.0. The van der Waals surface area contributed by atoms with Gasteiger partial charge in [-0.1, -0.05) is 74.2 Å².